The van der Waals surface area contributed by atoms with Crippen LogP contribution in [0.2, 0.25) is 5.02 Å². The molecule has 0 unspecified atom stereocenters. The lowest BCUT2D eigenvalue weighted by molar-refractivity contribution is 0.102. The van der Waals surface area contributed by atoms with Crippen LogP contribution in [0.3, 0.4) is 0 Å². The Kier molecular flexibility index (Phi) is 4.17. The summed E-state index contributed by atoms with van der Waals surface area (Å²) in [4.78, 5) is 16.5. The smallest absolute Gasteiger partial charge is 0.255 e. The van der Waals surface area contributed by atoms with Crippen LogP contribution in [-0.2, 0) is 0 Å². The van der Waals surface area contributed by atoms with Crippen LogP contribution in [0.4, 0.5) is 5.69 Å². The number of hydrogen-bond acceptors (Lipinski definition) is 2. The molecule has 0 aliphatic heterocycles. The molecule has 108 valence electrons. The molecule has 0 fully saturated rings. The van der Waals surface area contributed by atoms with Crippen molar-refractivity contribution in [3.05, 3.63) is 83.5 Å². The van der Waals surface area contributed by atoms with Crippen molar-refractivity contribution in [2.24, 2.45) is 0 Å². The van der Waals surface area contributed by atoms with Crippen LogP contribution in [-0.4, -0.2) is 10.9 Å². The molecule has 0 aliphatic rings. The highest BCUT2D eigenvalue weighted by molar-refractivity contribution is 6.30. The largest absolute Gasteiger partial charge is 0.322 e. The van der Waals surface area contributed by atoms with E-state index in [0.717, 1.165) is 11.3 Å². The first-order valence-corrected chi connectivity index (χ1v) is 7.18. The zero-order valence-corrected chi connectivity index (χ0v) is 12.4. The summed E-state index contributed by atoms with van der Waals surface area (Å²) >= 11 is 5.82. The molecule has 0 radical (unpaired) electrons. The number of nitrogens with one attached hydrogen (secondary N) is 1. The van der Waals surface area contributed by atoms with Gasteiger partial charge in [0.1, 0.15) is 0 Å². The van der Waals surface area contributed by atoms with Crippen molar-refractivity contribution in [3.63, 3.8) is 0 Å². The third kappa shape index (κ3) is 3.32. The van der Waals surface area contributed by atoms with E-state index in [9.17, 15) is 4.79 Å². The summed E-state index contributed by atoms with van der Waals surface area (Å²) in [7, 11) is 0. The SMILES string of the molecule is O=C(Nc1ccc(Cl)cc1)c1ccc(-c2ccccn2)cc1. The third-order valence-electron chi connectivity index (χ3n) is 3.21. The number of hydrogen-bond donors (Lipinski definition) is 1. The van der Waals surface area contributed by atoms with Crippen LogP contribution >= 0.6 is 11.6 Å². The summed E-state index contributed by atoms with van der Waals surface area (Å²) in [6, 6.07) is 20.1. The molecule has 0 saturated heterocycles. The van der Waals surface area contributed by atoms with Gasteiger partial charge in [0.05, 0.1) is 5.69 Å². The quantitative estimate of drug-likeness (QED) is 0.765. The maximum Gasteiger partial charge on any atom is 0.255 e. The van der Waals surface area contributed by atoms with Crippen molar-refractivity contribution in [2.45, 2.75) is 0 Å². The van der Waals surface area contributed by atoms with Gasteiger partial charge in [-0.1, -0.05) is 29.8 Å². The lowest BCUT2D eigenvalue weighted by Gasteiger charge is -2.06. The van der Waals surface area contributed by atoms with Gasteiger partial charge in [0, 0.05) is 28.0 Å². The summed E-state index contributed by atoms with van der Waals surface area (Å²) < 4.78 is 0. The molecule has 0 saturated carbocycles. The minimum absolute atomic E-state index is 0.158. The fraction of sp³-hybridized carbons (Fsp3) is 0. The number of nitrogens with zero attached hydrogens (tertiary/aromatic N) is 1. The molecular weight excluding hydrogens is 296 g/mol. The number of carbonyl (C=O) groups is 1. The summed E-state index contributed by atoms with van der Waals surface area (Å²) in [6.45, 7) is 0. The third-order valence-corrected chi connectivity index (χ3v) is 3.46. The summed E-state index contributed by atoms with van der Waals surface area (Å²) in [5.41, 5.74) is 3.16. The van der Waals surface area contributed by atoms with Crippen molar-refractivity contribution in [1.82, 2.24) is 4.98 Å². The van der Waals surface area contributed by atoms with E-state index >= 15 is 0 Å². The number of halogens is 1. The van der Waals surface area contributed by atoms with E-state index in [1.165, 1.54) is 0 Å². The van der Waals surface area contributed by atoms with E-state index in [1.54, 1.807) is 42.6 Å². The highest BCUT2D eigenvalue weighted by atomic mass is 35.5. The van der Waals surface area contributed by atoms with Crippen LogP contribution in [0.25, 0.3) is 11.3 Å². The maximum atomic E-state index is 12.2. The molecule has 0 bridgehead atoms. The lowest BCUT2D eigenvalue weighted by atomic mass is 10.1. The van der Waals surface area contributed by atoms with E-state index in [-0.39, 0.29) is 5.91 Å². The van der Waals surface area contributed by atoms with Crippen LogP contribution in [0, 0.1) is 0 Å². The van der Waals surface area contributed by atoms with Gasteiger partial charge in [0.2, 0.25) is 0 Å². The molecule has 4 heteroatoms. The van der Waals surface area contributed by atoms with Crippen LogP contribution < -0.4 is 5.32 Å². The molecule has 0 aliphatic carbocycles. The summed E-state index contributed by atoms with van der Waals surface area (Å²) in [5, 5.41) is 3.47. The zero-order valence-electron chi connectivity index (χ0n) is 11.7. The second-order valence-electron chi connectivity index (χ2n) is 4.75. The summed E-state index contributed by atoms with van der Waals surface area (Å²) in [6.07, 6.45) is 1.75. The Morgan fingerprint density at radius 3 is 2.27 bits per heavy atom. The van der Waals surface area contributed by atoms with Crippen molar-refractivity contribution < 1.29 is 4.79 Å². The van der Waals surface area contributed by atoms with E-state index in [1.807, 2.05) is 30.3 Å². The van der Waals surface area contributed by atoms with Gasteiger partial charge in [-0.2, -0.15) is 0 Å². The normalized spacial score (nSPS) is 10.2. The van der Waals surface area contributed by atoms with Gasteiger partial charge in [-0.15, -0.1) is 0 Å². The Bertz CT molecular complexity index is 768. The second-order valence-corrected chi connectivity index (χ2v) is 5.19. The van der Waals surface area contributed by atoms with Gasteiger partial charge >= 0.3 is 0 Å². The molecular formula is C18H13ClN2O. The number of rotatable bonds is 3. The van der Waals surface area contributed by atoms with Crippen LogP contribution in [0.15, 0.2) is 72.9 Å². The zero-order chi connectivity index (χ0) is 15.4. The van der Waals surface area contributed by atoms with Gasteiger partial charge in [-0.05, 0) is 48.5 Å². The minimum Gasteiger partial charge on any atom is -0.322 e. The predicted molar refractivity (Wildman–Crippen MR) is 89.1 cm³/mol. The monoisotopic (exact) mass is 308 g/mol. The van der Waals surface area contributed by atoms with Gasteiger partial charge in [0.25, 0.3) is 5.91 Å². The van der Waals surface area contributed by atoms with Gasteiger partial charge in [-0.25, -0.2) is 0 Å². The molecule has 0 spiro atoms. The van der Waals surface area contributed by atoms with Crippen molar-refractivity contribution in [1.29, 1.82) is 0 Å². The molecule has 1 aromatic heterocycles. The molecule has 0 atom stereocenters. The maximum absolute atomic E-state index is 12.2. The van der Waals surface area contributed by atoms with Crippen LogP contribution in [0.5, 0.6) is 0 Å². The Labute approximate surface area is 133 Å². The van der Waals surface area contributed by atoms with E-state index < -0.39 is 0 Å². The fourth-order valence-electron chi connectivity index (χ4n) is 2.06. The Balaban J connectivity index is 1.75. The van der Waals surface area contributed by atoms with Crippen molar-refractivity contribution in [3.8, 4) is 11.3 Å². The average Bonchev–Trinajstić information content (AvgIpc) is 2.58. The first kappa shape index (κ1) is 14.3. The van der Waals surface area contributed by atoms with Crippen LogP contribution in [0.1, 0.15) is 10.4 Å². The number of carbonyl (C=O) groups excluding carboxylic acids is 1. The van der Waals surface area contributed by atoms with Gasteiger partial charge < -0.3 is 5.32 Å². The molecule has 2 aromatic carbocycles. The standard InChI is InChI=1S/C18H13ClN2O/c19-15-8-10-16(11-9-15)21-18(22)14-6-4-13(5-7-14)17-3-1-2-12-20-17/h1-12H,(H,21,22). The first-order valence-electron chi connectivity index (χ1n) is 6.81. The number of pyridine rings is 1. The predicted octanol–water partition coefficient (Wildman–Crippen LogP) is 4.65. The highest BCUT2D eigenvalue weighted by Crippen LogP contribution is 2.18. The molecule has 3 nitrogen and oxygen atoms in total. The first-order chi connectivity index (χ1) is 10.7. The Hall–Kier alpha value is -2.65. The van der Waals surface area contributed by atoms with E-state index in [2.05, 4.69) is 10.3 Å². The van der Waals surface area contributed by atoms with Gasteiger partial charge in [0.15, 0.2) is 0 Å². The molecule has 1 N–H and O–H groups in total. The molecule has 22 heavy (non-hydrogen) atoms. The van der Waals surface area contributed by atoms with Gasteiger partial charge in [-0.3, -0.25) is 9.78 Å². The highest BCUT2D eigenvalue weighted by Gasteiger charge is 2.06. The molecule has 1 heterocycles. The Morgan fingerprint density at radius 2 is 1.64 bits per heavy atom. The number of anilines is 1. The Morgan fingerprint density at radius 1 is 0.909 bits per heavy atom. The fourth-order valence-corrected chi connectivity index (χ4v) is 2.19. The van der Waals surface area contributed by atoms with E-state index in [4.69, 9.17) is 11.6 Å². The lowest BCUT2D eigenvalue weighted by Crippen LogP contribution is -2.11. The second kappa shape index (κ2) is 6.41. The average molecular weight is 309 g/mol. The minimum atomic E-state index is -0.158. The number of amides is 1. The number of aromatic nitrogens is 1. The van der Waals surface area contributed by atoms with Crippen molar-refractivity contribution >= 4 is 23.2 Å². The topological polar surface area (TPSA) is 42.0 Å². The molecule has 1 amide bonds. The number of benzene rings is 2. The summed E-state index contributed by atoms with van der Waals surface area (Å²) in [5.74, 6) is -0.158. The molecule has 3 aromatic rings. The van der Waals surface area contributed by atoms with E-state index in [0.29, 0.717) is 16.3 Å². The molecule has 3 rings (SSSR count). The van der Waals surface area contributed by atoms with Crippen molar-refractivity contribution in [2.75, 3.05) is 5.32 Å².